The molecule has 0 aliphatic rings. The third-order valence-corrected chi connectivity index (χ3v) is 5.65. The van der Waals surface area contributed by atoms with Gasteiger partial charge in [-0.25, -0.2) is 9.50 Å². The lowest BCUT2D eigenvalue weighted by Crippen LogP contribution is -2.21. The fourth-order valence-corrected chi connectivity index (χ4v) is 3.98. The highest BCUT2D eigenvalue weighted by atomic mass is 32.1. The molecule has 0 atom stereocenters. The molecule has 2 heterocycles. The number of nitrogens with zero attached hydrogens (tertiary/aromatic N) is 5. The Balaban J connectivity index is 1.74. The first-order chi connectivity index (χ1) is 13.5. The Morgan fingerprint density at radius 3 is 2.61 bits per heavy atom. The number of hydrogen-bond donors (Lipinski definition) is 0. The number of benzene rings is 2. The maximum absolute atomic E-state index is 12.3. The number of hydrogen-bond acceptors (Lipinski definition) is 5. The van der Waals surface area contributed by atoms with E-state index in [0.717, 1.165) is 27.0 Å². The van der Waals surface area contributed by atoms with E-state index < -0.39 is 0 Å². The van der Waals surface area contributed by atoms with Crippen LogP contribution in [0.4, 0.5) is 10.8 Å². The molecule has 0 N–H and O–H groups in total. The number of imidazole rings is 1. The maximum atomic E-state index is 12.3. The summed E-state index contributed by atoms with van der Waals surface area (Å²) in [5, 5.41) is 5.64. The summed E-state index contributed by atoms with van der Waals surface area (Å²) in [6, 6.07) is 15.8. The zero-order valence-electron chi connectivity index (χ0n) is 16.2. The molecule has 0 fully saturated rings. The van der Waals surface area contributed by atoms with Gasteiger partial charge in [0.15, 0.2) is 0 Å². The van der Waals surface area contributed by atoms with Crippen LogP contribution < -0.4 is 4.90 Å². The predicted molar refractivity (Wildman–Crippen MR) is 114 cm³/mol. The molecule has 0 radical (unpaired) electrons. The molecule has 1 amide bonds. The lowest BCUT2D eigenvalue weighted by Gasteiger charge is -2.17. The summed E-state index contributed by atoms with van der Waals surface area (Å²) in [5.41, 5.74) is 4.72. The Morgan fingerprint density at radius 2 is 1.86 bits per heavy atom. The van der Waals surface area contributed by atoms with Gasteiger partial charge in [0.1, 0.15) is 0 Å². The standard InChI is InChI=1S/C21H21N5OS/c1-14-8-5-6-11-17(14)25(4)21-23-26-18(13-22-20(26)28-21)15-9-7-10-16(12-15)19(27)24(2)3/h5-13H,1-4H3. The maximum Gasteiger partial charge on any atom is 0.253 e. The fourth-order valence-electron chi connectivity index (χ4n) is 3.13. The SMILES string of the molecule is Cc1ccccc1N(C)c1nn2c(-c3cccc(C(=O)N(C)C)c3)cnc2s1. The van der Waals surface area contributed by atoms with Crippen LogP contribution in [0.3, 0.4) is 0 Å². The van der Waals surface area contributed by atoms with Crippen LogP contribution in [0.5, 0.6) is 0 Å². The number of rotatable bonds is 4. The highest BCUT2D eigenvalue weighted by Gasteiger charge is 2.17. The van der Waals surface area contributed by atoms with E-state index in [1.807, 2.05) is 48.0 Å². The van der Waals surface area contributed by atoms with E-state index in [1.165, 1.54) is 16.9 Å². The molecule has 4 rings (SSSR count). The minimum atomic E-state index is -0.0270. The van der Waals surface area contributed by atoms with Crippen molar-refractivity contribution in [3.05, 3.63) is 65.9 Å². The number of anilines is 2. The molecule has 0 saturated heterocycles. The van der Waals surface area contributed by atoms with Gasteiger partial charge in [-0.05, 0) is 30.7 Å². The fraction of sp³-hybridized carbons (Fsp3) is 0.190. The minimum Gasteiger partial charge on any atom is -0.345 e. The van der Waals surface area contributed by atoms with E-state index in [4.69, 9.17) is 5.10 Å². The van der Waals surface area contributed by atoms with E-state index in [9.17, 15) is 4.79 Å². The van der Waals surface area contributed by atoms with Crippen molar-refractivity contribution >= 4 is 33.0 Å². The molecule has 0 spiro atoms. The quantitative estimate of drug-likeness (QED) is 0.522. The molecular weight excluding hydrogens is 370 g/mol. The number of aromatic nitrogens is 3. The number of amides is 1. The molecule has 7 heteroatoms. The molecule has 142 valence electrons. The van der Waals surface area contributed by atoms with E-state index in [-0.39, 0.29) is 5.91 Å². The van der Waals surface area contributed by atoms with Crippen LogP contribution in [0.25, 0.3) is 16.2 Å². The van der Waals surface area contributed by atoms with Gasteiger partial charge in [0.05, 0.1) is 11.9 Å². The van der Waals surface area contributed by atoms with E-state index in [0.29, 0.717) is 5.56 Å². The lowest BCUT2D eigenvalue weighted by atomic mass is 10.1. The van der Waals surface area contributed by atoms with Crippen LogP contribution in [0.2, 0.25) is 0 Å². The molecule has 2 aromatic carbocycles. The molecule has 0 bridgehead atoms. The van der Waals surface area contributed by atoms with Crippen molar-refractivity contribution in [1.29, 1.82) is 0 Å². The van der Waals surface area contributed by atoms with E-state index in [2.05, 4.69) is 28.9 Å². The third kappa shape index (κ3) is 3.14. The average Bonchev–Trinajstić information content (AvgIpc) is 3.28. The number of aryl methyl sites for hydroxylation is 1. The Labute approximate surface area is 167 Å². The van der Waals surface area contributed by atoms with Gasteiger partial charge in [0, 0.05) is 38.0 Å². The topological polar surface area (TPSA) is 53.7 Å². The van der Waals surface area contributed by atoms with E-state index in [1.54, 1.807) is 25.2 Å². The molecule has 0 aliphatic carbocycles. The number of carbonyl (C=O) groups excluding carboxylic acids is 1. The second kappa shape index (κ2) is 7.09. The zero-order valence-corrected chi connectivity index (χ0v) is 17.1. The molecule has 0 aliphatic heterocycles. The lowest BCUT2D eigenvalue weighted by molar-refractivity contribution is 0.0827. The highest BCUT2D eigenvalue weighted by Crippen LogP contribution is 2.32. The first kappa shape index (κ1) is 18.2. The summed E-state index contributed by atoms with van der Waals surface area (Å²) in [7, 11) is 5.51. The number of carbonyl (C=O) groups is 1. The first-order valence-electron chi connectivity index (χ1n) is 8.91. The summed E-state index contributed by atoms with van der Waals surface area (Å²) in [6.07, 6.45) is 1.80. The number of fused-ring (bicyclic) bond motifs is 1. The normalized spacial score (nSPS) is 11.0. The molecule has 28 heavy (non-hydrogen) atoms. The first-order valence-corrected chi connectivity index (χ1v) is 9.73. The van der Waals surface area contributed by atoms with Crippen LogP contribution in [0.1, 0.15) is 15.9 Å². The second-order valence-electron chi connectivity index (χ2n) is 6.85. The molecule has 6 nitrogen and oxygen atoms in total. The summed E-state index contributed by atoms with van der Waals surface area (Å²) in [6.45, 7) is 2.09. The Morgan fingerprint density at radius 1 is 1.07 bits per heavy atom. The van der Waals surface area contributed by atoms with Crippen molar-refractivity contribution < 1.29 is 4.79 Å². The van der Waals surface area contributed by atoms with Crippen LogP contribution in [-0.2, 0) is 0 Å². The Hall–Kier alpha value is -3.19. The molecule has 0 unspecified atom stereocenters. The van der Waals surface area contributed by atoms with Crippen LogP contribution >= 0.6 is 11.3 Å². The van der Waals surface area contributed by atoms with Gasteiger partial charge in [-0.15, -0.1) is 5.10 Å². The van der Waals surface area contributed by atoms with Gasteiger partial charge in [0.2, 0.25) is 10.1 Å². The van der Waals surface area contributed by atoms with Crippen molar-refractivity contribution in [2.45, 2.75) is 6.92 Å². The predicted octanol–water partition coefficient (Wildman–Crippen LogP) is 4.24. The van der Waals surface area contributed by atoms with Gasteiger partial charge in [-0.3, -0.25) is 4.79 Å². The summed E-state index contributed by atoms with van der Waals surface area (Å²) in [4.78, 5) is 21.3. The Bertz CT molecular complexity index is 1160. The summed E-state index contributed by atoms with van der Waals surface area (Å²) in [5.74, 6) is -0.0270. The largest absolute Gasteiger partial charge is 0.345 e. The average molecular weight is 392 g/mol. The van der Waals surface area contributed by atoms with Crippen molar-refractivity contribution in [1.82, 2.24) is 19.5 Å². The van der Waals surface area contributed by atoms with Crippen LogP contribution in [0.15, 0.2) is 54.7 Å². The third-order valence-electron chi connectivity index (χ3n) is 4.65. The summed E-state index contributed by atoms with van der Waals surface area (Å²) < 4.78 is 1.84. The van der Waals surface area contributed by atoms with Gasteiger partial charge >= 0.3 is 0 Å². The molecule has 0 saturated carbocycles. The zero-order chi connectivity index (χ0) is 19.8. The second-order valence-corrected chi connectivity index (χ2v) is 7.78. The molecular formula is C21H21N5OS. The van der Waals surface area contributed by atoms with Gasteiger partial charge < -0.3 is 9.80 Å². The van der Waals surface area contributed by atoms with E-state index >= 15 is 0 Å². The number of para-hydroxylation sites is 1. The van der Waals surface area contributed by atoms with Gasteiger partial charge in [-0.1, -0.05) is 41.7 Å². The van der Waals surface area contributed by atoms with Crippen molar-refractivity contribution in [3.63, 3.8) is 0 Å². The Kier molecular flexibility index (Phi) is 4.60. The smallest absolute Gasteiger partial charge is 0.253 e. The molecule has 2 aromatic heterocycles. The minimum absolute atomic E-state index is 0.0270. The molecule has 4 aromatic rings. The van der Waals surface area contributed by atoms with Gasteiger partial charge in [-0.2, -0.15) is 0 Å². The van der Waals surface area contributed by atoms with Crippen LogP contribution in [-0.4, -0.2) is 46.5 Å². The summed E-state index contributed by atoms with van der Waals surface area (Å²) >= 11 is 1.53. The van der Waals surface area contributed by atoms with Gasteiger partial charge in [0.25, 0.3) is 5.91 Å². The van der Waals surface area contributed by atoms with Crippen molar-refractivity contribution in [2.75, 3.05) is 26.0 Å². The van der Waals surface area contributed by atoms with Crippen molar-refractivity contribution in [3.8, 4) is 11.3 Å². The van der Waals surface area contributed by atoms with Crippen molar-refractivity contribution in [2.24, 2.45) is 0 Å². The monoisotopic (exact) mass is 391 g/mol. The van der Waals surface area contributed by atoms with Crippen LogP contribution in [0, 0.1) is 6.92 Å². The highest BCUT2D eigenvalue weighted by molar-refractivity contribution is 7.20.